The standard InChI is InChI=1S/C15H21FN5O7P/c1-4-24-12-8-11(19-14(17)20-12)21(6-18-8)13-9(22)10-15(16,26-13)5-25-29(23,28-10)27-7(2)3/h6-7,9-10,13,22H,4-5H2,1-3H3,(H2,17,19,20)/t9-,10+,13-,15-,29?/m1/s1. The van der Waals surface area contributed by atoms with Gasteiger partial charge in [-0.15, -0.1) is 0 Å². The van der Waals surface area contributed by atoms with Crippen LogP contribution in [0.2, 0.25) is 0 Å². The van der Waals surface area contributed by atoms with Crippen LogP contribution in [0, 0.1) is 0 Å². The molecule has 0 aromatic carbocycles. The first-order valence-corrected chi connectivity index (χ1v) is 10.4. The number of anilines is 1. The molecular formula is C15H21FN5O7P. The summed E-state index contributed by atoms with van der Waals surface area (Å²) in [6.07, 6.45) is -3.72. The fourth-order valence-electron chi connectivity index (χ4n) is 3.20. The fourth-order valence-corrected chi connectivity index (χ4v) is 4.78. The Morgan fingerprint density at radius 2 is 2.28 bits per heavy atom. The molecule has 4 rings (SSSR count). The van der Waals surface area contributed by atoms with Crippen LogP contribution in [0.1, 0.15) is 27.0 Å². The minimum absolute atomic E-state index is 0.100. The minimum atomic E-state index is -4.07. The first-order chi connectivity index (χ1) is 13.7. The van der Waals surface area contributed by atoms with Crippen molar-refractivity contribution in [2.75, 3.05) is 18.9 Å². The quantitative estimate of drug-likeness (QED) is 0.656. The largest absolute Gasteiger partial charge is 0.476 e. The zero-order chi connectivity index (χ0) is 21.0. The molecule has 0 radical (unpaired) electrons. The monoisotopic (exact) mass is 433 g/mol. The lowest BCUT2D eigenvalue weighted by Gasteiger charge is -2.35. The molecule has 14 heteroatoms. The number of aliphatic hydroxyl groups excluding tert-OH is 1. The van der Waals surface area contributed by atoms with Gasteiger partial charge < -0.3 is 20.3 Å². The Morgan fingerprint density at radius 1 is 1.52 bits per heavy atom. The zero-order valence-corrected chi connectivity index (χ0v) is 16.8. The lowest BCUT2D eigenvalue weighted by atomic mass is 10.1. The van der Waals surface area contributed by atoms with E-state index >= 15 is 4.39 Å². The first kappa shape index (κ1) is 20.4. The summed E-state index contributed by atoms with van der Waals surface area (Å²) in [5.74, 6) is -2.52. The number of hydrogen-bond donors (Lipinski definition) is 2. The molecule has 12 nitrogen and oxygen atoms in total. The van der Waals surface area contributed by atoms with Crippen LogP contribution >= 0.6 is 7.82 Å². The topological polar surface area (TPSA) is 153 Å². The smallest absolute Gasteiger partial charge is 0.475 e. The second-order valence-corrected chi connectivity index (χ2v) is 8.40. The molecule has 160 valence electrons. The number of rotatable bonds is 5. The number of alkyl halides is 1. The van der Waals surface area contributed by atoms with Gasteiger partial charge in [0.2, 0.25) is 11.8 Å². The summed E-state index contributed by atoms with van der Waals surface area (Å²) < 4.78 is 55.2. The molecule has 2 saturated heterocycles. The average molecular weight is 433 g/mol. The number of aromatic nitrogens is 4. The van der Waals surface area contributed by atoms with Crippen LogP contribution in [-0.2, 0) is 22.9 Å². The molecule has 2 fully saturated rings. The first-order valence-electron chi connectivity index (χ1n) is 8.95. The lowest BCUT2D eigenvalue weighted by Crippen LogP contribution is -2.47. The van der Waals surface area contributed by atoms with Gasteiger partial charge in [0.05, 0.1) is 19.0 Å². The number of nitrogens with zero attached hydrogens (tertiary/aromatic N) is 4. The third-order valence-electron chi connectivity index (χ3n) is 4.31. The van der Waals surface area contributed by atoms with Crippen LogP contribution in [0.4, 0.5) is 10.3 Å². The highest BCUT2D eigenvalue weighted by molar-refractivity contribution is 7.48. The van der Waals surface area contributed by atoms with Gasteiger partial charge in [-0.2, -0.15) is 9.97 Å². The van der Waals surface area contributed by atoms with Crippen LogP contribution in [-0.4, -0.2) is 62.0 Å². The Balaban J connectivity index is 1.69. The van der Waals surface area contributed by atoms with Crippen LogP contribution in [0.15, 0.2) is 6.33 Å². The van der Waals surface area contributed by atoms with E-state index in [1.165, 1.54) is 10.9 Å². The molecule has 4 heterocycles. The number of nitrogens with two attached hydrogens (primary N) is 1. The molecule has 2 aliphatic rings. The Hall–Kier alpha value is -1.89. The summed E-state index contributed by atoms with van der Waals surface area (Å²) in [5, 5.41) is 10.7. The Morgan fingerprint density at radius 3 is 2.97 bits per heavy atom. The van der Waals surface area contributed by atoms with Gasteiger partial charge in [-0.1, -0.05) is 0 Å². The molecule has 0 saturated carbocycles. The number of phosphoric acid groups is 1. The number of ether oxygens (including phenoxy) is 2. The van der Waals surface area contributed by atoms with E-state index in [0.717, 1.165) is 0 Å². The molecule has 2 aromatic rings. The fraction of sp³-hybridized carbons (Fsp3) is 0.667. The minimum Gasteiger partial charge on any atom is -0.476 e. The Bertz CT molecular complexity index is 974. The van der Waals surface area contributed by atoms with Gasteiger partial charge in [-0.3, -0.25) is 18.1 Å². The number of halogens is 1. The van der Waals surface area contributed by atoms with Crippen molar-refractivity contribution in [3.05, 3.63) is 6.33 Å². The molecule has 0 bridgehead atoms. The zero-order valence-electron chi connectivity index (χ0n) is 15.9. The average Bonchev–Trinajstić information content (AvgIpc) is 3.15. The van der Waals surface area contributed by atoms with Crippen molar-refractivity contribution in [1.29, 1.82) is 0 Å². The van der Waals surface area contributed by atoms with Crippen LogP contribution in [0.3, 0.4) is 0 Å². The summed E-state index contributed by atoms with van der Waals surface area (Å²) >= 11 is 0. The molecule has 0 aliphatic carbocycles. The van der Waals surface area contributed by atoms with E-state index in [1.54, 1.807) is 20.8 Å². The van der Waals surface area contributed by atoms with E-state index in [1.807, 2.05) is 0 Å². The Labute approximate surface area is 164 Å². The second-order valence-electron chi connectivity index (χ2n) is 6.83. The summed E-state index contributed by atoms with van der Waals surface area (Å²) in [5.41, 5.74) is 6.14. The maximum Gasteiger partial charge on any atom is 0.475 e. The van der Waals surface area contributed by atoms with E-state index in [2.05, 4.69) is 15.0 Å². The van der Waals surface area contributed by atoms with Crippen LogP contribution < -0.4 is 10.5 Å². The molecule has 0 spiro atoms. The highest BCUT2D eigenvalue weighted by Crippen LogP contribution is 2.60. The SMILES string of the molecule is CCOc1nc(N)nc2c1ncn2[C@@H]1O[C@]2(F)COP(=O)(OC(C)C)O[C@H]2[C@H]1O. The van der Waals surface area contributed by atoms with Gasteiger partial charge in [-0.25, -0.2) is 13.9 Å². The van der Waals surface area contributed by atoms with Crippen molar-refractivity contribution < 1.29 is 37.1 Å². The number of phosphoric ester groups is 1. The van der Waals surface area contributed by atoms with Gasteiger partial charge in [0.1, 0.15) is 12.7 Å². The molecule has 29 heavy (non-hydrogen) atoms. The molecule has 0 amide bonds. The maximum absolute atomic E-state index is 15.3. The van der Waals surface area contributed by atoms with Gasteiger partial charge in [0, 0.05) is 0 Å². The van der Waals surface area contributed by atoms with Crippen molar-refractivity contribution in [3.8, 4) is 5.88 Å². The molecule has 2 aromatic heterocycles. The third-order valence-corrected chi connectivity index (χ3v) is 5.92. The third kappa shape index (κ3) is 3.47. The number of hydrogen-bond acceptors (Lipinski definition) is 11. The molecular weight excluding hydrogens is 412 g/mol. The maximum atomic E-state index is 15.3. The molecule has 5 atom stereocenters. The van der Waals surface area contributed by atoms with E-state index in [0.29, 0.717) is 6.61 Å². The number of nitrogen functional groups attached to an aromatic ring is 1. The number of fused-ring (bicyclic) bond motifs is 2. The number of imidazole rings is 1. The molecule has 2 aliphatic heterocycles. The summed E-state index contributed by atoms with van der Waals surface area (Å²) in [7, 11) is -4.07. The highest BCUT2D eigenvalue weighted by atomic mass is 31.2. The molecule has 1 unspecified atom stereocenters. The van der Waals surface area contributed by atoms with Gasteiger partial charge >= 0.3 is 7.82 Å². The Kier molecular flexibility index (Phi) is 5.00. The van der Waals surface area contributed by atoms with Crippen molar-refractivity contribution in [2.24, 2.45) is 0 Å². The van der Waals surface area contributed by atoms with E-state index < -0.39 is 44.8 Å². The highest BCUT2D eigenvalue weighted by Gasteiger charge is 2.64. The summed E-state index contributed by atoms with van der Waals surface area (Å²) in [4.78, 5) is 12.2. The van der Waals surface area contributed by atoms with Gasteiger partial charge in [0.15, 0.2) is 23.5 Å². The van der Waals surface area contributed by atoms with Crippen LogP contribution in [0.5, 0.6) is 5.88 Å². The van der Waals surface area contributed by atoms with Crippen molar-refractivity contribution in [3.63, 3.8) is 0 Å². The summed E-state index contributed by atoms with van der Waals surface area (Å²) in [6, 6.07) is 0. The normalized spacial score (nSPS) is 34.6. The van der Waals surface area contributed by atoms with Crippen LogP contribution in [0.25, 0.3) is 11.2 Å². The molecule has 3 N–H and O–H groups in total. The lowest BCUT2D eigenvalue weighted by molar-refractivity contribution is -0.220. The predicted molar refractivity (Wildman–Crippen MR) is 95.5 cm³/mol. The summed E-state index contributed by atoms with van der Waals surface area (Å²) in [6.45, 7) is 4.56. The van der Waals surface area contributed by atoms with E-state index in [4.69, 9.17) is 28.8 Å². The van der Waals surface area contributed by atoms with Crippen molar-refractivity contribution >= 4 is 24.9 Å². The van der Waals surface area contributed by atoms with Gasteiger partial charge in [-0.05, 0) is 20.8 Å². The van der Waals surface area contributed by atoms with Crippen molar-refractivity contribution in [1.82, 2.24) is 19.5 Å². The predicted octanol–water partition coefficient (Wildman–Crippen LogP) is 1.31. The van der Waals surface area contributed by atoms with Crippen molar-refractivity contribution in [2.45, 2.75) is 51.2 Å². The van der Waals surface area contributed by atoms with E-state index in [9.17, 15) is 9.67 Å². The van der Waals surface area contributed by atoms with Gasteiger partial charge in [0.25, 0.3) is 5.85 Å². The number of aliphatic hydroxyl groups is 1. The van der Waals surface area contributed by atoms with E-state index in [-0.39, 0.29) is 23.0 Å². The second kappa shape index (κ2) is 7.11.